The Morgan fingerprint density at radius 3 is 2.72 bits per heavy atom. The number of hydrogen-bond acceptors (Lipinski definition) is 5. The second-order valence-corrected chi connectivity index (χ2v) is 9.35. The summed E-state index contributed by atoms with van der Waals surface area (Å²) in [5.41, 5.74) is 3.19. The summed E-state index contributed by atoms with van der Waals surface area (Å²) in [5, 5.41) is 3.33. The molecule has 170 valence electrons. The fourth-order valence-corrected chi connectivity index (χ4v) is 4.97. The lowest BCUT2D eigenvalue weighted by Crippen LogP contribution is -2.62. The van der Waals surface area contributed by atoms with Gasteiger partial charge in [0.1, 0.15) is 18.0 Å². The molecule has 3 heterocycles. The molecule has 1 atom stereocenters. The minimum Gasteiger partial charge on any atom is -0.353 e. The number of aryl methyl sites for hydroxylation is 1. The highest BCUT2D eigenvalue weighted by Crippen LogP contribution is 2.37. The number of urea groups is 1. The first kappa shape index (κ1) is 21.4. The predicted molar refractivity (Wildman–Crippen MR) is 122 cm³/mol. The zero-order valence-corrected chi connectivity index (χ0v) is 19.0. The minimum atomic E-state index is -0.455. The van der Waals surface area contributed by atoms with Crippen molar-refractivity contribution in [2.45, 2.75) is 38.3 Å². The van der Waals surface area contributed by atoms with Gasteiger partial charge in [-0.1, -0.05) is 24.6 Å². The summed E-state index contributed by atoms with van der Waals surface area (Å²) >= 11 is 5.82. The molecule has 2 aromatic rings. The summed E-state index contributed by atoms with van der Waals surface area (Å²) in [5.74, 6) is 1.05. The summed E-state index contributed by atoms with van der Waals surface area (Å²) in [4.78, 5) is 28.6. The van der Waals surface area contributed by atoms with Gasteiger partial charge in [-0.2, -0.15) is 0 Å². The van der Waals surface area contributed by atoms with Crippen molar-refractivity contribution in [2.75, 3.05) is 44.2 Å². The molecule has 0 saturated carbocycles. The van der Waals surface area contributed by atoms with Crippen LogP contribution in [0.15, 0.2) is 24.5 Å². The Kier molecular flexibility index (Phi) is 5.90. The van der Waals surface area contributed by atoms with Crippen molar-refractivity contribution in [3.8, 4) is 0 Å². The van der Waals surface area contributed by atoms with Gasteiger partial charge in [-0.05, 0) is 36.5 Å². The molecule has 7 nitrogen and oxygen atoms in total. The number of carbonyl (C=O) groups is 1. The van der Waals surface area contributed by atoms with Crippen LogP contribution < -0.4 is 10.2 Å². The van der Waals surface area contributed by atoms with Gasteiger partial charge >= 0.3 is 6.03 Å². The Hall–Kier alpha value is -2.45. The average Bonchev–Trinajstić information content (AvgIpc) is 3.15. The molecule has 1 N–H and O–H groups in total. The van der Waals surface area contributed by atoms with E-state index in [2.05, 4.69) is 27.1 Å². The number of rotatable bonds is 4. The van der Waals surface area contributed by atoms with Crippen LogP contribution in [-0.2, 0) is 13.0 Å². The van der Waals surface area contributed by atoms with E-state index in [-0.39, 0.29) is 17.1 Å². The fourth-order valence-electron chi connectivity index (χ4n) is 4.85. The third-order valence-corrected chi connectivity index (χ3v) is 7.19. The molecule has 1 aromatic carbocycles. The number of piperazine rings is 1. The second kappa shape index (κ2) is 8.83. The summed E-state index contributed by atoms with van der Waals surface area (Å²) in [6, 6.07) is 4.88. The number of anilines is 1. The molecule has 0 unspecified atom stereocenters. The zero-order valence-electron chi connectivity index (χ0n) is 18.2. The van der Waals surface area contributed by atoms with E-state index >= 15 is 0 Å². The van der Waals surface area contributed by atoms with E-state index in [1.54, 1.807) is 18.5 Å². The van der Waals surface area contributed by atoms with Gasteiger partial charge in [0.15, 0.2) is 0 Å². The molecule has 5 rings (SSSR count). The molecule has 2 saturated heterocycles. The van der Waals surface area contributed by atoms with Crippen LogP contribution in [0.2, 0.25) is 5.02 Å². The van der Waals surface area contributed by atoms with Gasteiger partial charge in [-0.25, -0.2) is 19.2 Å². The van der Waals surface area contributed by atoms with E-state index in [0.29, 0.717) is 25.6 Å². The van der Waals surface area contributed by atoms with Crippen molar-refractivity contribution < 1.29 is 9.18 Å². The second-order valence-electron chi connectivity index (χ2n) is 8.94. The van der Waals surface area contributed by atoms with Gasteiger partial charge in [0, 0.05) is 57.1 Å². The summed E-state index contributed by atoms with van der Waals surface area (Å²) in [6.45, 7) is 6.89. The van der Waals surface area contributed by atoms with E-state index in [0.717, 1.165) is 50.4 Å². The molecule has 0 bridgehead atoms. The van der Waals surface area contributed by atoms with Crippen molar-refractivity contribution in [1.82, 2.24) is 25.1 Å². The molecule has 9 heteroatoms. The summed E-state index contributed by atoms with van der Waals surface area (Å²) < 4.78 is 13.9. The normalized spacial score (nSPS) is 20.8. The van der Waals surface area contributed by atoms with Crippen LogP contribution in [0, 0.1) is 5.82 Å². The Morgan fingerprint density at radius 1 is 1.25 bits per heavy atom. The molecular weight excluding hydrogens is 431 g/mol. The van der Waals surface area contributed by atoms with Gasteiger partial charge in [-0.3, -0.25) is 0 Å². The molecule has 2 fully saturated rings. The lowest BCUT2D eigenvalue weighted by Gasteiger charge is -2.43. The number of carbonyl (C=O) groups excluding carboxylic acids is 1. The first-order chi connectivity index (χ1) is 15.5. The number of fused-ring (bicyclic) bond motifs is 1. The van der Waals surface area contributed by atoms with Crippen molar-refractivity contribution in [3.63, 3.8) is 0 Å². The third kappa shape index (κ3) is 4.01. The molecule has 2 amide bonds. The molecular formula is C23H28ClFN6O. The minimum absolute atomic E-state index is 0.00722. The van der Waals surface area contributed by atoms with Crippen LogP contribution in [-0.4, -0.2) is 71.1 Å². The maximum Gasteiger partial charge on any atom is 0.320 e. The van der Waals surface area contributed by atoms with Gasteiger partial charge in [0.2, 0.25) is 0 Å². The Balaban J connectivity index is 1.27. The van der Waals surface area contributed by atoms with Crippen LogP contribution in [0.4, 0.5) is 15.0 Å². The lowest BCUT2D eigenvalue weighted by atomic mass is 10.1. The van der Waals surface area contributed by atoms with Crippen molar-refractivity contribution >= 4 is 23.4 Å². The number of hydrogen-bond donors (Lipinski definition) is 1. The number of aromatic nitrogens is 2. The Bertz CT molecular complexity index is 1010. The highest BCUT2D eigenvalue weighted by molar-refractivity contribution is 6.30. The topological polar surface area (TPSA) is 64.6 Å². The average molecular weight is 459 g/mol. The SMILES string of the molecule is C[C@@H]1CCc2ncnc(N3CCN(C(=O)N(Cc4ccc(Cl)c(F)c4)C4CNC4)CC3)c21. The van der Waals surface area contributed by atoms with Crippen LogP contribution in [0.25, 0.3) is 0 Å². The number of nitrogens with one attached hydrogen (secondary N) is 1. The lowest BCUT2D eigenvalue weighted by molar-refractivity contribution is 0.108. The number of benzene rings is 1. The first-order valence-electron chi connectivity index (χ1n) is 11.3. The number of nitrogens with zero attached hydrogens (tertiary/aromatic N) is 5. The van der Waals surface area contributed by atoms with Gasteiger partial charge < -0.3 is 20.0 Å². The smallest absolute Gasteiger partial charge is 0.320 e. The summed E-state index contributed by atoms with van der Waals surface area (Å²) in [6.07, 6.45) is 3.80. The van der Waals surface area contributed by atoms with Gasteiger partial charge in [-0.15, -0.1) is 0 Å². The third-order valence-electron chi connectivity index (χ3n) is 6.89. The molecule has 1 aromatic heterocycles. The molecule has 0 radical (unpaired) electrons. The summed E-state index contributed by atoms with van der Waals surface area (Å²) in [7, 11) is 0. The number of amides is 2. The molecule has 0 spiro atoms. The van der Waals surface area contributed by atoms with Gasteiger partial charge in [0.25, 0.3) is 0 Å². The maximum absolute atomic E-state index is 13.9. The van der Waals surface area contributed by atoms with Gasteiger partial charge in [0.05, 0.1) is 11.1 Å². The van der Waals surface area contributed by atoms with E-state index in [4.69, 9.17) is 11.6 Å². The monoisotopic (exact) mass is 458 g/mol. The fraction of sp³-hybridized carbons (Fsp3) is 0.522. The standard InChI is InChI=1S/C23H28ClFN6O/c1-15-2-5-20-21(15)22(28-14-27-20)29-6-8-30(9-7-29)23(32)31(17-11-26-12-17)13-16-3-4-18(24)19(25)10-16/h3-4,10,14-15,17,26H,2,5-9,11-13H2,1H3/t15-/m1/s1. The quantitative estimate of drug-likeness (QED) is 0.763. The molecule has 32 heavy (non-hydrogen) atoms. The van der Waals surface area contributed by atoms with Crippen molar-refractivity contribution in [3.05, 3.63) is 52.2 Å². The number of halogens is 2. The van der Waals surface area contributed by atoms with Crippen LogP contribution in [0.1, 0.15) is 36.1 Å². The van der Waals surface area contributed by atoms with Crippen molar-refractivity contribution in [1.29, 1.82) is 0 Å². The van der Waals surface area contributed by atoms with Crippen molar-refractivity contribution in [2.24, 2.45) is 0 Å². The molecule has 3 aliphatic rings. The van der Waals surface area contributed by atoms with E-state index in [1.807, 2.05) is 9.80 Å². The predicted octanol–water partition coefficient (Wildman–Crippen LogP) is 3.03. The Morgan fingerprint density at radius 2 is 2.03 bits per heavy atom. The van der Waals surface area contributed by atoms with E-state index in [1.165, 1.54) is 17.3 Å². The highest BCUT2D eigenvalue weighted by atomic mass is 35.5. The largest absolute Gasteiger partial charge is 0.353 e. The first-order valence-corrected chi connectivity index (χ1v) is 11.7. The highest BCUT2D eigenvalue weighted by Gasteiger charge is 2.34. The van der Waals surface area contributed by atoms with Crippen LogP contribution >= 0.6 is 11.6 Å². The molecule has 1 aliphatic carbocycles. The maximum atomic E-state index is 13.9. The Labute approximate surface area is 192 Å². The van der Waals surface area contributed by atoms with Crippen LogP contribution in [0.5, 0.6) is 0 Å². The molecule has 2 aliphatic heterocycles. The van der Waals surface area contributed by atoms with E-state index < -0.39 is 5.82 Å². The zero-order chi connectivity index (χ0) is 22.2. The van der Waals surface area contributed by atoms with Crippen LogP contribution in [0.3, 0.4) is 0 Å². The van der Waals surface area contributed by atoms with E-state index in [9.17, 15) is 9.18 Å².